The number of benzene rings is 2. The molecule has 0 saturated heterocycles. The van der Waals surface area contributed by atoms with Gasteiger partial charge in [-0.25, -0.2) is 4.79 Å². The second-order valence-electron chi connectivity index (χ2n) is 5.53. The molecule has 0 aromatic heterocycles. The second-order valence-corrected chi connectivity index (χ2v) is 5.53. The van der Waals surface area contributed by atoms with Crippen LogP contribution in [-0.2, 0) is 16.1 Å². The predicted octanol–water partition coefficient (Wildman–Crippen LogP) is 1.65. The molecule has 1 aliphatic rings. The minimum atomic E-state index is -1.20. The summed E-state index contributed by atoms with van der Waals surface area (Å²) in [7, 11) is 1.55. The Morgan fingerprint density at radius 3 is 2.56 bits per heavy atom. The van der Waals surface area contributed by atoms with Crippen LogP contribution in [-0.4, -0.2) is 31.1 Å². The van der Waals surface area contributed by atoms with E-state index in [0.29, 0.717) is 11.3 Å². The summed E-state index contributed by atoms with van der Waals surface area (Å²) < 4.78 is 5.10. The van der Waals surface area contributed by atoms with E-state index in [4.69, 9.17) is 4.74 Å². The highest BCUT2D eigenvalue weighted by molar-refractivity contribution is 6.11. The Bertz CT molecular complexity index is 807. The number of fused-ring (bicyclic) bond motifs is 1. The Hall–Kier alpha value is -3.35. The first-order valence-corrected chi connectivity index (χ1v) is 7.71. The van der Waals surface area contributed by atoms with Crippen LogP contribution in [0.1, 0.15) is 15.9 Å². The van der Waals surface area contributed by atoms with Crippen molar-refractivity contribution < 1.29 is 19.1 Å². The molecule has 0 aliphatic carbocycles. The number of alkyl carbamates (subject to hydrolysis) is 1. The highest BCUT2D eigenvalue weighted by atomic mass is 16.5. The Kier molecular flexibility index (Phi) is 4.65. The van der Waals surface area contributed by atoms with Crippen LogP contribution in [0.4, 0.5) is 10.5 Å². The fraction of sp³-hybridized carbons (Fsp3) is 0.167. The maximum atomic E-state index is 12.5. The van der Waals surface area contributed by atoms with Gasteiger partial charge >= 0.3 is 6.09 Å². The number of anilines is 1. The molecule has 7 nitrogen and oxygen atoms in total. The number of nitrogens with one attached hydrogen (secondary N) is 2. The molecule has 128 valence electrons. The van der Waals surface area contributed by atoms with E-state index in [9.17, 15) is 14.4 Å². The predicted molar refractivity (Wildman–Crippen MR) is 90.9 cm³/mol. The van der Waals surface area contributed by atoms with Crippen LogP contribution < -0.4 is 15.5 Å². The van der Waals surface area contributed by atoms with Crippen molar-refractivity contribution in [2.24, 2.45) is 0 Å². The van der Waals surface area contributed by atoms with Crippen molar-refractivity contribution in [3.63, 3.8) is 0 Å². The monoisotopic (exact) mass is 339 g/mol. The van der Waals surface area contributed by atoms with Gasteiger partial charge in [-0.1, -0.05) is 42.5 Å². The maximum Gasteiger partial charge on any atom is 0.409 e. The number of rotatable bonds is 3. The summed E-state index contributed by atoms with van der Waals surface area (Å²) in [4.78, 5) is 38.1. The molecule has 25 heavy (non-hydrogen) atoms. The topological polar surface area (TPSA) is 87.7 Å². The molecule has 3 amide bonds. The Labute approximate surface area is 144 Å². The van der Waals surface area contributed by atoms with E-state index in [0.717, 1.165) is 5.56 Å². The summed E-state index contributed by atoms with van der Waals surface area (Å²) in [5.74, 6) is -0.906. The van der Waals surface area contributed by atoms with E-state index in [1.807, 2.05) is 30.3 Å². The van der Waals surface area contributed by atoms with Crippen molar-refractivity contribution in [2.75, 3.05) is 11.9 Å². The molecule has 1 atom stereocenters. The quantitative estimate of drug-likeness (QED) is 0.890. The summed E-state index contributed by atoms with van der Waals surface area (Å²) in [6.07, 6.45) is -1.99. The SMILES string of the molecule is CN1C(=O)C(NC(=O)OCc2ccccc2)NC(=O)c2ccccc21. The molecule has 0 saturated carbocycles. The average molecular weight is 339 g/mol. The Morgan fingerprint density at radius 1 is 1.12 bits per heavy atom. The molecule has 2 aromatic rings. The number of amides is 3. The van der Waals surface area contributed by atoms with Crippen molar-refractivity contribution >= 4 is 23.6 Å². The van der Waals surface area contributed by atoms with Gasteiger partial charge < -0.3 is 15.0 Å². The zero-order chi connectivity index (χ0) is 17.8. The third-order valence-electron chi connectivity index (χ3n) is 3.84. The number of carbonyl (C=O) groups excluding carboxylic acids is 3. The molecule has 0 spiro atoms. The van der Waals surface area contributed by atoms with Crippen LogP contribution in [0.3, 0.4) is 0 Å². The van der Waals surface area contributed by atoms with E-state index >= 15 is 0 Å². The van der Waals surface area contributed by atoms with Gasteiger partial charge in [-0.2, -0.15) is 0 Å². The highest BCUT2D eigenvalue weighted by Gasteiger charge is 2.32. The molecule has 2 aromatic carbocycles. The molecule has 7 heteroatoms. The summed E-state index contributed by atoms with van der Waals surface area (Å²) >= 11 is 0. The first-order valence-electron chi connectivity index (χ1n) is 7.71. The molecule has 3 rings (SSSR count). The first kappa shape index (κ1) is 16.5. The smallest absolute Gasteiger partial charge is 0.409 e. The van der Waals surface area contributed by atoms with E-state index in [-0.39, 0.29) is 6.61 Å². The third-order valence-corrected chi connectivity index (χ3v) is 3.84. The van der Waals surface area contributed by atoms with Crippen LogP contribution in [0.2, 0.25) is 0 Å². The highest BCUT2D eigenvalue weighted by Crippen LogP contribution is 2.22. The molecular weight excluding hydrogens is 322 g/mol. The number of likely N-dealkylation sites (N-methyl/N-ethyl adjacent to an activating group) is 1. The third kappa shape index (κ3) is 3.60. The fourth-order valence-electron chi connectivity index (χ4n) is 2.52. The molecule has 1 heterocycles. The number of hydrogen-bond acceptors (Lipinski definition) is 4. The Balaban J connectivity index is 1.68. The molecule has 0 bridgehead atoms. The lowest BCUT2D eigenvalue weighted by Crippen LogP contribution is -2.55. The molecule has 0 radical (unpaired) electrons. The van der Waals surface area contributed by atoms with Crippen molar-refractivity contribution in [1.29, 1.82) is 0 Å². The largest absolute Gasteiger partial charge is 0.445 e. The van der Waals surface area contributed by atoms with E-state index < -0.39 is 24.1 Å². The van der Waals surface area contributed by atoms with Crippen LogP contribution in [0.5, 0.6) is 0 Å². The standard InChI is InChI=1S/C18H17N3O4/c1-21-14-10-6-5-9-13(14)16(22)19-15(17(21)23)20-18(24)25-11-12-7-3-2-4-8-12/h2-10,15H,11H2,1H3,(H,19,22)(H,20,24). The lowest BCUT2D eigenvalue weighted by Gasteiger charge is -2.21. The van der Waals surface area contributed by atoms with Crippen molar-refractivity contribution in [2.45, 2.75) is 12.8 Å². The number of nitrogens with zero attached hydrogens (tertiary/aromatic N) is 1. The lowest BCUT2D eigenvalue weighted by atomic mass is 10.1. The zero-order valence-corrected chi connectivity index (χ0v) is 13.6. The summed E-state index contributed by atoms with van der Waals surface area (Å²) in [6.45, 7) is 0.0671. The normalized spacial score (nSPS) is 16.5. The van der Waals surface area contributed by atoms with Gasteiger partial charge in [0.1, 0.15) is 6.61 Å². The number of ether oxygens (including phenoxy) is 1. The van der Waals surface area contributed by atoms with Crippen molar-refractivity contribution in [3.8, 4) is 0 Å². The van der Waals surface area contributed by atoms with Crippen molar-refractivity contribution in [1.82, 2.24) is 10.6 Å². The molecule has 2 N–H and O–H groups in total. The summed E-state index contributed by atoms with van der Waals surface area (Å²) in [5.41, 5.74) is 1.66. The van der Waals surface area contributed by atoms with Gasteiger partial charge in [0.2, 0.25) is 0 Å². The maximum absolute atomic E-state index is 12.5. The minimum absolute atomic E-state index is 0.0671. The number of hydrogen-bond donors (Lipinski definition) is 2. The first-order chi connectivity index (χ1) is 12.1. The van der Waals surface area contributed by atoms with Crippen LogP contribution in [0.25, 0.3) is 0 Å². The Morgan fingerprint density at radius 2 is 1.80 bits per heavy atom. The van der Waals surface area contributed by atoms with Gasteiger partial charge in [0.25, 0.3) is 11.8 Å². The van der Waals surface area contributed by atoms with Gasteiger partial charge in [0.15, 0.2) is 6.17 Å². The minimum Gasteiger partial charge on any atom is -0.445 e. The van der Waals surface area contributed by atoms with Crippen LogP contribution in [0, 0.1) is 0 Å². The van der Waals surface area contributed by atoms with Gasteiger partial charge in [0, 0.05) is 7.05 Å². The second kappa shape index (κ2) is 7.04. The van der Waals surface area contributed by atoms with Gasteiger partial charge in [-0.3, -0.25) is 14.9 Å². The molecule has 0 fully saturated rings. The fourth-order valence-corrected chi connectivity index (χ4v) is 2.52. The van der Waals surface area contributed by atoms with Gasteiger partial charge in [-0.15, -0.1) is 0 Å². The van der Waals surface area contributed by atoms with E-state index in [2.05, 4.69) is 10.6 Å². The number of para-hydroxylation sites is 1. The van der Waals surface area contributed by atoms with E-state index in [1.54, 1.807) is 31.3 Å². The average Bonchev–Trinajstić information content (AvgIpc) is 2.73. The summed E-state index contributed by atoms with van der Waals surface area (Å²) in [6, 6.07) is 15.9. The molecule has 1 aliphatic heterocycles. The zero-order valence-electron chi connectivity index (χ0n) is 13.6. The van der Waals surface area contributed by atoms with Gasteiger partial charge in [0.05, 0.1) is 11.3 Å². The van der Waals surface area contributed by atoms with Crippen LogP contribution >= 0.6 is 0 Å². The van der Waals surface area contributed by atoms with E-state index in [1.165, 1.54) is 4.90 Å². The number of carbonyl (C=O) groups is 3. The molecular formula is C18H17N3O4. The van der Waals surface area contributed by atoms with Crippen molar-refractivity contribution in [3.05, 3.63) is 65.7 Å². The van der Waals surface area contributed by atoms with Gasteiger partial charge in [-0.05, 0) is 17.7 Å². The lowest BCUT2D eigenvalue weighted by molar-refractivity contribution is -0.120. The summed E-state index contributed by atoms with van der Waals surface area (Å²) in [5, 5.41) is 4.89. The molecule has 1 unspecified atom stereocenters. The van der Waals surface area contributed by atoms with Crippen LogP contribution in [0.15, 0.2) is 54.6 Å².